The zero-order valence-electron chi connectivity index (χ0n) is 14.0. The molecule has 1 aliphatic heterocycles. The van der Waals surface area contributed by atoms with Crippen molar-refractivity contribution in [2.75, 3.05) is 13.1 Å². The van der Waals surface area contributed by atoms with Gasteiger partial charge in [0.1, 0.15) is 11.9 Å². The summed E-state index contributed by atoms with van der Waals surface area (Å²) in [4.78, 5) is 26.0. The van der Waals surface area contributed by atoms with Crippen molar-refractivity contribution in [1.82, 2.24) is 4.90 Å². The lowest BCUT2D eigenvalue weighted by Gasteiger charge is -2.41. The van der Waals surface area contributed by atoms with E-state index in [4.69, 9.17) is 4.74 Å². The van der Waals surface area contributed by atoms with Crippen molar-refractivity contribution >= 4 is 25.0 Å². The molecule has 1 amide bonds. The molecule has 0 unspecified atom stereocenters. The van der Waals surface area contributed by atoms with Gasteiger partial charge in [0.2, 0.25) is 0 Å². The summed E-state index contributed by atoms with van der Waals surface area (Å²) in [6.07, 6.45) is 2.67. The Hall–Kier alpha value is -1.49. The van der Waals surface area contributed by atoms with Gasteiger partial charge in [-0.05, 0) is 51.3 Å². The SMILES string of the molecule is CC(C)(C)OC(=O)N1CCC(CC=O)(c2cccc(S)c2)CC1. The number of carbonyl (C=O) groups excluding carboxylic acids is 2. The predicted molar refractivity (Wildman–Crippen MR) is 93.1 cm³/mol. The molecule has 1 aromatic rings. The molecule has 4 nitrogen and oxygen atoms in total. The third-order valence-electron chi connectivity index (χ3n) is 4.30. The smallest absolute Gasteiger partial charge is 0.410 e. The highest BCUT2D eigenvalue weighted by Gasteiger charge is 2.38. The van der Waals surface area contributed by atoms with Crippen LogP contribution in [0.4, 0.5) is 4.79 Å². The summed E-state index contributed by atoms with van der Waals surface area (Å²) in [7, 11) is 0. The molecule has 5 heteroatoms. The Morgan fingerprint density at radius 2 is 2.00 bits per heavy atom. The predicted octanol–water partition coefficient (Wildman–Crippen LogP) is 3.83. The normalized spacial score (nSPS) is 17.7. The second-order valence-electron chi connectivity index (χ2n) is 7.17. The summed E-state index contributed by atoms with van der Waals surface area (Å²) >= 11 is 4.40. The molecule has 0 aromatic heterocycles. The number of amides is 1. The average molecular weight is 335 g/mol. The van der Waals surface area contributed by atoms with Gasteiger partial charge in [0.05, 0.1) is 0 Å². The maximum absolute atomic E-state index is 12.2. The van der Waals surface area contributed by atoms with Gasteiger partial charge < -0.3 is 14.4 Å². The molecule has 23 heavy (non-hydrogen) atoms. The third-order valence-corrected chi connectivity index (χ3v) is 4.58. The van der Waals surface area contributed by atoms with E-state index in [1.54, 1.807) is 4.90 Å². The Morgan fingerprint density at radius 3 is 2.52 bits per heavy atom. The summed E-state index contributed by atoms with van der Waals surface area (Å²) in [6, 6.07) is 7.96. The largest absolute Gasteiger partial charge is 0.444 e. The van der Waals surface area contributed by atoms with Crippen LogP contribution < -0.4 is 0 Å². The van der Waals surface area contributed by atoms with Crippen LogP contribution in [0.1, 0.15) is 45.6 Å². The number of rotatable bonds is 3. The lowest BCUT2D eigenvalue weighted by atomic mass is 9.71. The maximum Gasteiger partial charge on any atom is 0.410 e. The van der Waals surface area contributed by atoms with Crippen molar-refractivity contribution in [3.05, 3.63) is 29.8 Å². The van der Waals surface area contributed by atoms with Gasteiger partial charge in [-0.2, -0.15) is 0 Å². The number of likely N-dealkylation sites (tertiary alicyclic amines) is 1. The van der Waals surface area contributed by atoms with Gasteiger partial charge in [-0.3, -0.25) is 0 Å². The van der Waals surface area contributed by atoms with E-state index in [0.717, 1.165) is 29.6 Å². The minimum absolute atomic E-state index is 0.209. The molecule has 1 heterocycles. The summed E-state index contributed by atoms with van der Waals surface area (Å²) in [5, 5.41) is 0. The molecule has 0 radical (unpaired) electrons. The summed E-state index contributed by atoms with van der Waals surface area (Å²) < 4.78 is 5.44. The Kier molecular flexibility index (Phi) is 5.40. The van der Waals surface area contributed by atoms with E-state index in [0.29, 0.717) is 19.5 Å². The van der Waals surface area contributed by atoms with E-state index >= 15 is 0 Å². The average Bonchev–Trinajstić information content (AvgIpc) is 2.46. The second kappa shape index (κ2) is 6.95. The van der Waals surface area contributed by atoms with E-state index in [1.807, 2.05) is 45.0 Å². The van der Waals surface area contributed by atoms with E-state index in [2.05, 4.69) is 12.6 Å². The number of hydrogen-bond acceptors (Lipinski definition) is 4. The zero-order valence-corrected chi connectivity index (χ0v) is 14.9. The van der Waals surface area contributed by atoms with Gasteiger partial charge in [-0.1, -0.05) is 12.1 Å². The Labute approximate surface area is 143 Å². The first-order valence-electron chi connectivity index (χ1n) is 7.97. The van der Waals surface area contributed by atoms with Crippen LogP contribution in [-0.2, 0) is 14.9 Å². The summed E-state index contributed by atoms with van der Waals surface area (Å²) in [5.74, 6) is 0. The fourth-order valence-corrected chi connectivity index (χ4v) is 3.27. The van der Waals surface area contributed by atoms with Crippen LogP contribution in [0.5, 0.6) is 0 Å². The Balaban J connectivity index is 2.12. The van der Waals surface area contributed by atoms with Crippen LogP contribution >= 0.6 is 12.6 Å². The molecule has 0 bridgehead atoms. The van der Waals surface area contributed by atoms with E-state index < -0.39 is 5.60 Å². The number of aldehydes is 1. The number of thiol groups is 1. The molecule has 1 saturated heterocycles. The van der Waals surface area contributed by atoms with Gasteiger partial charge in [-0.15, -0.1) is 12.6 Å². The van der Waals surface area contributed by atoms with Crippen molar-refractivity contribution in [2.24, 2.45) is 0 Å². The quantitative estimate of drug-likeness (QED) is 0.674. The van der Waals surface area contributed by atoms with Gasteiger partial charge in [0.15, 0.2) is 0 Å². The standard InChI is InChI=1S/C18H25NO3S/c1-17(2,3)22-16(21)19-10-7-18(8-11-19,9-12-20)14-5-4-6-15(23)13-14/h4-6,12-13,23H,7-11H2,1-3H3. The molecule has 0 saturated carbocycles. The van der Waals surface area contributed by atoms with E-state index in [1.165, 1.54) is 0 Å². The van der Waals surface area contributed by atoms with Gasteiger partial charge in [0, 0.05) is 29.8 Å². The van der Waals surface area contributed by atoms with Crippen LogP contribution in [0.3, 0.4) is 0 Å². The lowest BCUT2D eigenvalue weighted by molar-refractivity contribution is -0.109. The van der Waals surface area contributed by atoms with Crippen molar-refractivity contribution < 1.29 is 14.3 Å². The molecule has 0 N–H and O–H groups in total. The van der Waals surface area contributed by atoms with Crippen LogP contribution in [0, 0.1) is 0 Å². The molecule has 2 rings (SSSR count). The highest BCUT2D eigenvalue weighted by atomic mass is 32.1. The molecule has 1 aromatic carbocycles. The number of ether oxygens (including phenoxy) is 1. The number of carbonyl (C=O) groups is 2. The zero-order chi connectivity index (χ0) is 17.1. The highest BCUT2D eigenvalue weighted by Crippen LogP contribution is 2.39. The van der Waals surface area contributed by atoms with Gasteiger partial charge in [-0.25, -0.2) is 4.79 Å². The molecule has 0 aliphatic carbocycles. The van der Waals surface area contributed by atoms with Gasteiger partial charge in [0.25, 0.3) is 0 Å². The van der Waals surface area contributed by atoms with Crippen molar-refractivity contribution in [3.63, 3.8) is 0 Å². The molecular formula is C18H25NO3S. The fraction of sp³-hybridized carbons (Fsp3) is 0.556. The molecule has 1 fully saturated rings. The second-order valence-corrected chi connectivity index (χ2v) is 7.69. The molecule has 126 valence electrons. The topological polar surface area (TPSA) is 46.6 Å². The van der Waals surface area contributed by atoms with E-state index in [-0.39, 0.29) is 11.5 Å². The Morgan fingerprint density at radius 1 is 1.35 bits per heavy atom. The fourth-order valence-electron chi connectivity index (χ4n) is 3.05. The van der Waals surface area contributed by atoms with Crippen LogP contribution in [0.2, 0.25) is 0 Å². The molecule has 1 aliphatic rings. The number of benzene rings is 1. The van der Waals surface area contributed by atoms with Crippen LogP contribution in [0.15, 0.2) is 29.2 Å². The highest BCUT2D eigenvalue weighted by molar-refractivity contribution is 7.80. The minimum atomic E-state index is -0.491. The minimum Gasteiger partial charge on any atom is -0.444 e. The van der Waals surface area contributed by atoms with Crippen molar-refractivity contribution in [2.45, 2.75) is 55.9 Å². The lowest BCUT2D eigenvalue weighted by Crippen LogP contribution is -2.47. The molecule has 0 atom stereocenters. The number of piperidine rings is 1. The van der Waals surface area contributed by atoms with Crippen LogP contribution in [-0.4, -0.2) is 36.0 Å². The maximum atomic E-state index is 12.2. The number of nitrogens with zero attached hydrogens (tertiary/aromatic N) is 1. The number of hydrogen-bond donors (Lipinski definition) is 1. The first-order chi connectivity index (χ1) is 10.8. The molecular weight excluding hydrogens is 310 g/mol. The summed E-state index contributed by atoms with van der Waals surface area (Å²) in [5.41, 5.74) is 0.425. The first-order valence-corrected chi connectivity index (χ1v) is 8.42. The van der Waals surface area contributed by atoms with Gasteiger partial charge >= 0.3 is 6.09 Å². The monoisotopic (exact) mass is 335 g/mol. The van der Waals surface area contributed by atoms with Crippen LogP contribution in [0.25, 0.3) is 0 Å². The summed E-state index contributed by atoms with van der Waals surface area (Å²) in [6.45, 7) is 6.79. The molecule has 0 spiro atoms. The van der Waals surface area contributed by atoms with Crippen molar-refractivity contribution in [3.8, 4) is 0 Å². The van der Waals surface area contributed by atoms with E-state index in [9.17, 15) is 9.59 Å². The third kappa shape index (κ3) is 4.50. The first kappa shape index (κ1) is 17.9. The Bertz CT molecular complexity index is 572. The van der Waals surface area contributed by atoms with Crippen molar-refractivity contribution in [1.29, 1.82) is 0 Å².